The van der Waals surface area contributed by atoms with Crippen LogP contribution in [-0.4, -0.2) is 50.8 Å². The topological polar surface area (TPSA) is 127 Å². The van der Waals surface area contributed by atoms with Crippen LogP contribution in [0.5, 0.6) is 0 Å². The Kier molecular flexibility index (Phi) is 4.49. The molecule has 5 atom stereocenters. The van der Waals surface area contributed by atoms with E-state index in [-0.39, 0.29) is 12.3 Å². The van der Waals surface area contributed by atoms with Crippen LogP contribution in [0.1, 0.15) is 19.4 Å². The number of esters is 1. The van der Waals surface area contributed by atoms with E-state index in [1.165, 1.54) is 36.1 Å². The minimum Gasteiger partial charge on any atom is -0.459 e. The zero-order chi connectivity index (χ0) is 19.2. The van der Waals surface area contributed by atoms with Crippen LogP contribution in [0.4, 0.5) is 5.69 Å². The van der Waals surface area contributed by atoms with Gasteiger partial charge in [-0.2, -0.15) is 0 Å². The molecule has 0 bridgehead atoms. The molecular formula is C17H18N2O7. The van der Waals surface area contributed by atoms with Crippen LogP contribution in [0.15, 0.2) is 24.3 Å². The number of nitrogens with zero attached hydrogens (tertiary/aromatic N) is 2. The lowest BCUT2D eigenvalue weighted by Gasteiger charge is -2.46. The summed E-state index contributed by atoms with van der Waals surface area (Å²) in [5.74, 6) is -2.90. The fourth-order valence-corrected chi connectivity index (χ4v) is 3.63. The van der Waals surface area contributed by atoms with Crippen LogP contribution in [0.2, 0.25) is 0 Å². The van der Waals surface area contributed by atoms with Crippen molar-refractivity contribution in [2.75, 3.05) is 0 Å². The Balaban J connectivity index is 1.67. The maximum Gasteiger partial charge on any atom is 0.337 e. The molecule has 1 N–H and O–H groups in total. The van der Waals surface area contributed by atoms with Crippen molar-refractivity contribution in [3.05, 3.63) is 39.9 Å². The number of ether oxygens (including phenoxy) is 1. The Morgan fingerprint density at radius 2 is 1.96 bits per heavy atom. The van der Waals surface area contributed by atoms with E-state index in [0.29, 0.717) is 5.56 Å². The highest BCUT2D eigenvalue weighted by atomic mass is 16.6. The first-order valence-electron chi connectivity index (χ1n) is 8.18. The van der Waals surface area contributed by atoms with Crippen LogP contribution in [-0.2, 0) is 25.7 Å². The van der Waals surface area contributed by atoms with Gasteiger partial charge in [0.1, 0.15) is 6.61 Å². The summed E-state index contributed by atoms with van der Waals surface area (Å²) >= 11 is 0. The number of aliphatic hydroxyl groups is 1. The summed E-state index contributed by atoms with van der Waals surface area (Å²) < 4.78 is 5.14. The van der Waals surface area contributed by atoms with Crippen LogP contribution in [0.3, 0.4) is 0 Å². The smallest absolute Gasteiger partial charge is 0.337 e. The van der Waals surface area contributed by atoms with Gasteiger partial charge in [0.25, 0.3) is 5.69 Å². The molecule has 0 aliphatic carbocycles. The van der Waals surface area contributed by atoms with Crippen molar-refractivity contribution in [3.63, 3.8) is 0 Å². The number of nitro benzene ring substituents is 1. The molecule has 138 valence electrons. The summed E-state index contributed by atoms with van der Waals surface area (Å²) in [6.45, 7) is 2.95. The van der Waals surface area contributed by atoms with E-state index < -0.39 is 52.6 Å². The molecule has 0 radical (unpaired) electrons. The summed E-state index contributed by atoms with van der Waals surface area (Å²) in [5, 5.41) is 20.3. The van der Waals surface area contributed by atoms with Gasteiger partial charge in [-0.15, -0.1) is 0 Å². The minimum absolute atomic E-state index is 0.0851. The molecule has 0 saturated carbocycles. The fourth-order valence-electron chi connectivity index (χ4n) is 3.63. The number of rotatable bonds is 5. The van der Waals surface area contributed by atoms with Crippen LogP contribution in [0.25, 0.3) is 0 Å². The standard InChI is InChI=1S/C17H18N2O7/c1-8-13-12(9(2)20)16(22)18(13)14(15(8)21)17(23)26-7-10-3-5-11(6-4-10)19(24)25/h3-6,8-9,12-14,20H,7H2,1-2H3/t8-,9?,12+,13+,14?/m0/s1. The number of carbonyl (C=O) groups is 3. The van der Waals surface area contributed by atoms with Gasteiger partial charge in [-0.3, -0.25) is 19.7 Å². The van der Waals surface area contributed by atoms with Crippen LogP contribution >= 0.6 is 0 Å². The number of amides is 1. The number of nitro groups is 1. The Bertz CT molecular complexity index is 774. The number of hydrogen-bond acceptors (Lipinski definition) is 7. The molecule has 2 unspecified atom stereocenters. The van der Waals surface area contributed by atoms with Gasteiger partial charge < -0.3 is 14.7 Å². The number of benzene rings is 1. The number of ketones is 1. The molecular weight excluding hydrogens is 344 g/mol. The maximum atomic E-state index is 12.4. The second-order valence-electron chi connectivity index (χ2n) is 6.63. The molecule has 0 aromatic heterocycles. The fraction of sp³-hybridized carbons (Fsp3) is 0.471. The molecule has 0 spiro atoms. The first-order chi connectivity index (χ1) is 12.2. The summed E-state index contributed by atoms with van der Waals surface area (Å²) in [5.41, 5.74) is 0.439. The summed E-state index contributed by atoms with van der Waals surface area (Å²) in [7, 11) is 0. The van der Waals surface area contributed by atoms with Crippen molar-refractivity contribution in [1.29, 1.82) is 0 Å². The monoisotopic (exact) mass is 362 g/mol. The summed E-state index contributed by atoms with van der Waals surface area (Å²) in [6.07, 6.45) is -0.895. The second-order valence-corrected chi connectivity index (χ2v) is 6.63. The molecule has 2 heterocycles. The van der Waals surface area contributed by atoms with E-state index in [9.17, 15) is 29.6 Å². The van der Waals surface area contributed by atoms with E-state index in [0.717, 1.165) is 0 Å². The average Bonchev–Trinajstić information content (AvgIpc) is 2.81. The zero-order valence-electron chi connectivity index (χ0n) is 14.2. The quantitative estimate of drug-likeness (QED) is 0.265. The average molecular weight is 362 g/mol. The number of non-ortho nitro benzene ring substituents is 1. The SMILES string of the molecule is CC(O)[C@H]1C(=O)N2C(C(=O)OCc3ccc([N+](=O)[O-])cc3)C(=O)[C@@H](C)[C@H]12. The van der Waals surface area contributed by atoms with Gasteiger partial charge in [-0.25, -0.2) is 4.79 Å². The van der Waals surface area contributed by atoms with Crippen molar-refractivity contribution >= 4 is 23.3 Å². The summed E-state index contributed by atoms with van der Waals surface area (Å²) in [6, 6.07) is 3.68. The number of aliphatic hydroxyl groups excluding tert-OH is 1. The van der Waals surface area contributed by atoms with Crippen LogP contribution in [0, 0.1) is 22.0 Å². The van der Waals surface area contributed by atoms with E-state index in [4.69, 9.17) is 4.74 Å². The lowest BCUT2D eigenvalue weighted by atomic mass is 9.79. The van der Waals surface area contributed by atoms with Crippen molar-refractivity contribution in [2.45, 2.75) is 38.6 Å². The molecule has 9 heteroatoms. The van der Waals surface area contributed by atoms with Gasteiger partial charge in [0.15, 0.2) is 11.8 Å². The minimum atomic E-state index is -1.30. The van der Waals surface area contributed by atoms with Gasteiger partial charge in [0.05, 0.1) is 23.0 Å². The Labute approximate surface area is 148 Å². The molecule has 2 aliphatic heterocycles. The van der Waals surface area contributed by atoms with Gasteiger partial charge in [0.2, 0.25) is 5.91 Å². The Morgan fingerprint density at radius 1 is 1.35 bits per heavy atom. The predicted molar refractivity (Wildman–Crippen MR) is 86.7 cm³/mol. The van der Waals surface area contributed by atoms with Gasteiger partial charge in [-0.1, -0.05) is 6.92 Å². The molecule has 1 aromatic carbocycles. The van der Waals surface area contributed by atoms with Crippen molar-refractivity contribution < 1.29 is 29.2 Å². The van der Waals surface area contributed by atoms with Gasteiger partial charge in [0, 0.05) is 18.1 Å². The Morgan fingerprint density at radius 3 is 2.50 bits per heavy atom. The maximum absolute atomic E-state index is 12.4. The van der Waals surface area contributed by atoms with E-state index in [1.54, 1.807) is 6.92 Å². The molecule has 3 rings (SSSR count). The number of carbonyl (C=O) groups excluding carboxylic acids is 3. The molecule has 2 saturated heterocycles. The molecule has 26 heavy (non-hydrogen) atoms. The summed E-state index contributed by atoms with van der Waals surface area (Å²) in [4.78, 5) is 48.2. The lowest BCUT2D eigenvalue weighted by molar-refractivity contribution is -0.384. The van der Waals surface area contributed by atoms with Crippen molar-refractivity contribution in [2.24, 2.45) is 11.8 Å². The van der Waals surface area contributed by atoms with Crippen molar-refractivity contribution in [3.8, 4) is 0 Å². The largest absolute Gasteiger partial charge is 0.459 e. The lowest BCUT2D eigenvalue weighted by Crippen LogP contribution is -2.65. The van der Waals surface area contributed by atoms with Crippen LogP contribution < -0.4 is 0 Å². The number of Topliss-reactive ketones (excluding diaryl/α,β-unsaturated/α-hetero) is 1. The Hall–Kier alpha value is -2.81. The normalized spacial score (nSPS) is 28.3. The highest BCUT2D eigenvalue weighted by Gasteiger charge is 2.64. The van der Waals surface area contributed by atoms with E-state index >= 15 is 0 Å². The zero-order valence-corrected chi connectivity index (χ0v) is 14.2. The van der Waals surface area contributed by atoms with E-state index in [1.807, 2.05) is 0 Å². The number of fused-ring (bicyclic) bond motifs is 1. The molecule has 9 nitrogen and oxygen atoms in total. The number of hydrogen-bond donors (Lipinski definition) is 1. The third kappa shape index (κ3) is 2.74. The van der Waals surface area contributed by atoms with E-state index in [2.05, 4.69) is 0 Å². The second kappa shape index (κ2) is 6.49. The highest BCUT2D eigenvalue weighted by molar-refractivity contribution is 6.12. The molecule has 2 fully saturated rings. The molecule has 1 amide bonds. The third-order valence-electron chi connectivity index (χ3n) is 5.01. The number of β-lactam (4-membered cyclic amide) rings is 1. The van der Waals surface area contributed by atoms with Gasteiger partial charge in [-0.05, 0) is 24.6 Å². The molecule has 1 aromatic rings. The highest BCUT2D eigenvalue weighted by Crippen LogP contribution is 2.43. The first-order valence-corrected chi connectivity index (χ1v) is 8.18. The molecule has 2 aliphatic rings. The van der Waals surface area contributed by atoms with Crippen molar-refractivity contribution in [1.82, 2.24) is 4.90 Å². The first kappa shape index (κ1) is 18.0. The van der Waals surface area contributed by atoms with Gasteiger partial charge >= 0.3 is 5.97 Å². The predicted octanol–water partition coefficient (Wildman–Crippen LogP) is 0.433. The third-order valence-corrected chi connectivity index (χ3v) is 5.01.